The van der Waals surface area contributed by atoms with E-state index in [-0.39, 0.29) is 23.8 Å². The second-order valence-electron chi connectivity index (χ2n) is 3.85. The van der Waals surface area contributed by atoms with Crippen LogP contribution < -0.4 is 21.7 Å². The minimum absolute atomic E-state index is 0.188. The molecule has 3 aliphatic heterocycles. The lowest BCUT2D eigenvalue weighted by Crippen LogP contribution is -2.47. The maximum absolute atomic E-state index is 11.8. The number of hydrogen-bond acceptors (Lipinski definition) is 4. The molecule has 2 bridgehead atoms. The Bertz CT molecular complexity index is 458. The molecule has 1 spiro atoms. The van der Waals surface area contributed by atoms with Crippen LogP contribution in [-0.2, 0) is 9.59 Å². The maximum Gasteiger partial charge on any atom is 0.246 e. The van der Waals surface area contributed by atoms with Crippen molar-refractivity contribution in [2.75, 3.05) is 0 Å². The lowest BCUT2D eigenvalue weighted by Gasteiger charge is -2.27. The first-order valence-corrected chi connectivity index (χ1v) is 4.90. The molecule has 3 heterocycles. The third kappa shape index (κ3) is 0.777. The SMILES string of the molecule is NC1=C2C(=S)NC3CC2(C(=O)N1)C(=O)N3. The lowest BCUT2D eigenvalue weighted by molar-refractivity contribution is -0.136. The van der Waals surface area contributed by atoms with Gasteiger partial charge in [0.05, 0.1) is 5.57 Å². The highest BCUT2D eigenvalue weighted by Crippen LogP contribution is 2.44. The molecule has 2 atom stereocenters. The highest BCUT2D eigenvalue weighted by atomic mass is 32.1. The molecule has 3 aliphatic rings. The Morgan fingerprint density at radius 2 is 2.07 bits per heavy atom. The van der Waals surface area contributed by atoms with Crippen LogP contribution in [0.25, 0.3) is 0 Å². The predicted molar refractivity (Wildman–Crippen MR) is 54.1 cm³/mol. The number of amides is 2. The van der Waals surface area contributed by atoms with Gasteiger partial charge >= 0.3 is 0 Å². The van der Waals surface area contributed by atoms with Gasteiger partial charge in [0.1, 0.15) is 17.0 Å². The van der Waals surface area contributed by atoms with E-state index in [9.17, 15) is 9.59 Å². The summed E-state index contributed by atoms with van der Waals surface area (Å²) in [5.74, 6) is -0.514. The van der Waals surface area contributed by atoms with E-state index >= 15 is 0 Å². The van der Waals surface area contributed by atoms with E-state index in [1.165, 1.54) is 0 Å². The van der Waals surface area contributed by atoms with Crippen molar-refractivity contribution in [1.29, 1.82) is 0 Å². The zero-order chi connectivity index (χ0) is 10.8. The van der Waals surface area contributed by atoms with E-state index in [1.807, 2.05) is 0 Å². The number of carbonyl (C=O) groups excluding carboxylic acids is 2. The first-order chi connectivity index (χ1) is 7.05. The van der Waals surface area contributed by atoms with Gasteiger partial charge in [-0.1, -0.05) is 12.2 Å². The summed E-state index contributed by atoms with van der Waals surface area (Å²) in [6, 6.07) is 0. The number of rotatable bonds is 0. The third-order valence-electron chi connectivity index (χ3n) is 3.07. The number of fused-ring (bicyclic) bond motifs is 1. The van der Waals surface area contributed by atoms with Crippen LogP contribution in [0.5, 0.6) is 0 Å². The zero-order valence-electron chi connectivity index (χ0n) is 7.59. The fraction of sp³-hybridized carbons (Fsp3) is 0.375. The van der Waals surface area contributed by atoms with Crippen LogP contribution in [0, 0.1) is 5.41 Å². The Morgan fingerprint density at radius 1 is 1.33 bits per heavy atom. The minimum Gasteiger partial charge on any atom is -0.385 e. The summed E-state index contributed by atoms with van der Waals surface area (Å²) in [6.07, 6.45) is 0.110. The number of thiocarbonyl (C=S) groups is 1. The lowest BCUT2D eigenvalue weighted by atomic mass is 9.77. The average molecular weight is 224 g/mol. The quantitative estimate of drug-likeness (QED) is 0.283. The fourth-order valence-corrected chi connectivity index (χ4v) is 2.84. The van der Waals surface area contributed by atoms with Gasteiger partial charge in [0.15, 0.2) is 5.41 Å². The van der Waals surface area contributed by atoms with Crippen LogP contribution in [-0.4, -0.2) is 23.0 Å². The molecule has 2 amide bonds. The summed E-state index contributed by atoms with van der Waals surface area (Å²) < 4.78 is 0. The highest BCUT2D eigenvalue weighted by molar-refractivity contribution is 7.80. The normalized spacial score (nSPS) is 37.3. The number of carbonyl (C=O) groups is 2. The molecule has 0 aromatic rings. The average Bonchev–Trinajstić information content (AvgIpc) is 2.53. The van der Waals surface area contributed by atoms with Crippen LogP contribution in [0.1, 0.15) is 6.42 Å². The van der Waals surface area contributed by atoms with Gasteiger partial charge in [-0.3, -0.25) is 9.59 Å². The largest absolute Gasteiger partial charge is 0.385 e. The second-order valence-corrected chi connectivity index (χ2v) is 4.26. The molecule has 3 rings (SSSR count). The molecular weight excluding hydrogens is 216 g/mol. The zero-order valence-corrected chi connectivity index (χ0v) is 8.40. The van der Waals surface area contributed by atoms with E-state index in [1.54, 1.807) is 0 Å². The molecule has 0 radical (unpaired) electrons. The third-order valence-corrected chi connectivity index (χ3v) is 3.39. The summed E-state index contributed by atoms with van der Waals surface area (Å²) in [4.78, 5) is 23.9. The monoisotopic (exact) mass is 224 g/mol. The minimum atomic E-state index is -1.18. The molecule has 6 nitrogen and oxygen atoms in total. The van der Waals surface area contributed by atoms with Crippen molar-refractivity contribution in [3.05, 3.63) is 11.4 Å². The number of nitrogens with one attached hydrogen (secondary N) is 3. The van der Waals surface area contributed by atoms with E-state index in [0.717, 1.165) is 0 Å². The van der Waals surface area contributed by atoms with Gasteiger partial charge in [0.25, 0.3) is 0 Å². The summed E-state index contributed by atoms with van der Waals surface area (Å²) in [5.41, 5.74) is 4.89. The Kier molecular flexibility index (Phi) is 1.33. The second kappa shape index (κ2) is 2.30. The molecule has 5 N–H and O–H groups in total. The van der Waals surface area contributed by atoms with Crippen LogP contribution in [0.4, 0.5) is 0 Å². The first kappa shape index (κ1) is 8.66. The molecule has 78 valence electrons. The van der Waals surface area contributed by atoms with Gasteiger partial charge in [-0.25, -0.2) is 0 Å². The van der Waals surface area contributed by atoms with Crippen molar-refractivity contribution in [1.82, 2.24) is 16.0 Å². The maximum atomic E-state index is 11.8. The van der Waals surface area contributed by atoms with E-state index in [0.29, 0.717) is 17.0 Å². The molecular formula is C8H8N4O2S. The van der Waals surface area contributed by atoms with Gasteiger partial charge in [-0.2, -0.15) is 0 Å². The van der Waals surface area contributed by atoms with Crippen molar-refractivity contribution in [2.45, 2.75) is 12.6 Å². The first-order valence-electron chi connectivity index (χ1n) is 4.49. The molecule has 2 fully saturated rings. The van der Waals surface area contributed by atoms with Crippen molar-refractivity contribution in [2.24, 2.45) is 11.1 Å². The number of nitrogens with two attached hydrogens (primary N) is 1. The molecule has 2 unspecified atom stereocenters. The van der Waals surface area contributed by atoms with Gasteiger partial charge in [0.2, 0.25) is 11.8 Å². The summed E-state index contributed by atoms with van der Waals surface area (Å²) in [5, 5.41) is 8.06. The van der Waals surface area contributed by atoms with Crippen molar-refractivity contribution >= 4 is 29.0 Å². The van der Waals surface area contributed by atoms with E-state index in [2.05, 4.69) is 16.0 Å². The van der Waals surface area contributed by atoms with Crippen molar-refractivity contribution in [3.8, 4) is 0 Å². The Hall–Kier alpha value is -1.63. The summed E-state index contributed by atoms with van der Waals surface area (Å²) in [6.45, 7) is 0. The highest BCUT2D eigenvalue weighted by Gasteiger charge is 2.63. The Balaban J connectivity index is 2.27. The topological polar surface area (TPSA) is 96.2 Å². The van der Waals surface area contributed by atoms with E-state index in [4.69, 9.17) is 18.0 Å². The van der Waals surface area contributed by atoms with Gasteiger partial charge in [-0.05, 0) is 0 Å². The standard InChI is InChI=1S/C8H8N4O2S/c9-4-3-5(15)10-2-1-8(3,6(13)11-2)7(14)12-4/h2H,1,9H2,(H,10,15)(H,11,13)(H,12,14). The Labute approximate surface area is 90.3 Å². The molecule has 0 saturated carbocycles. The molecule has 0 aromatic carbocycles. The van der Waals surface area contributed by atoms with Gasteiger partial charge < -0.3 is 21.7 Å². The summed E-state index contributed by atoms with van der Waals surface area (Å²) in [7, 11) is 0. The molecule has 15 heavy (non-hydrogen) atoms. The molecule has 0 aliphatic carbocycles. The van der Waals surface area contributed by atoms with Crippen LogP contribution >= 0.6 is 12.2 Å². The van der Waals surface area contributed by atoms with Crippen molar-refractivity contribution in [3.63, 3.8) is 0 Å². The number of piperidine rings is 1. The molecule has 0 aromatic heterocycles. The fourth-order valence-electron chi connectivity index (χ4n) is 2.41. The predicted octanol–water partition coefficient (Wildman–Crippen LogP) is -1.95. The van der Waals surface area contributed by atoms with Crippen molar-refractivity contribution < 1.29 is 9.59 Å². The molecule has 2 saturated heterocycles. The number of hydrogen-bond donors (Lipinski definition) is 4. The van der Waals surface area contributed by atoms with E-state index < -0.39 is 5.41 Å². The van der Waals surface area contributed by atoms with Gasteiger partial charge in [-0.15, -0.1) is 0 Å². The van der Waals surface area contributed by atoms with Crippen LogP contribution in [0.15, 0.2) is 11.4 Å². The van der Waals surface area contributed by atoms with Gasteiger partial charge in [0, 0.05) is 6.42 Å². The van der Waals surface area contributed by atoms with Crippen LogP contribution in [0.3, 0.4) is 0 Å². The summed E-state index contributed by atoms with van der Waals surface area (Å²) >= 11 is 5.08. The van der Waals surface area contributed by atoms with Crippen LogP contribution in [0.2, 0.25) is 0 Å². The smallest absolute Gasteiger partial charge is 0.246 e. The molecule has 7 heteroatoms. The Morgan fingerprint density at radius 3 is 2.80 bits per heavy atom.